The van der Waals surface area contributed by atoms with E-state index < -0.39 is 0 Å². The van der Waals surface area contributed by atoms with Gasteiger partial charge in [0.25, 0.3) is 0 Å². The summed E-state index contributed by atoms with van der Waals surface area (Å²) in [5.41, 5.74) is 5.02. The van der Waals surface area contributed by atoms with Gasteiger partial charge in [0.1, 0.15) is 12.1 Å². The molecule has 7 nitrogen and oxygen atoms in total. The average Bonchev–Trinajstić information content (AvgIpc) is 2.91. The highest BCUT2D eigenvalue weighted by Gasteiger charge is 2.07. The maximum atomic E-state index is 9.90. The van der Waals surface area contributed by atoms with Crippen LogP contribution in [0.3, 0.4) is 0 Å². The lowest BCUT2D eigenvalue weighted by atomic mass is 10.2. The number of aryl methyl sites for hydroxylation is 2. The summed E-state index contributed by atoms with van der Waals surface area (Å²) >= 11 is 11.8. The number of hydrogen-bond acceptors (Lipinski definition) is 6. The summed E-state index contributed by atoms with van der Waals surface area (Å²) in [5.74, 6) is 0.996. The van der Waals surface area contributed by atoms with Crippen LogP contribution >= 0.6 is 23.2 Å². The normalized spacial score (nSPS) is 11.2. The van der Waals surface area contributed by atoms with Crippen molar-refractivity contribution in [3.05, 3.63) is 57.6 Å². The van der Waals surface area contributed by atoms with Crippen LogP contribution in [0.5, 0.6) is 5.75 Å². The number of phenols is 1. The van der Waals surface area contributed by atoms with Crippen molar-refractivity contribution in [3.63, 3.8) is 0 Å². The van der Waals surface area contributed by atoms with Crippen molar-refractivity contribution in [1.29, 1.82) is 0 Å². The summed E-state index contributed by atoms with van der Waals surface area (Å²) in [6.07, 6.45) is 2.82. The van der Waals surface area contributed by atoms with Crippen molar-refractivity contribution in [2.24, 2.45) is 5.10 Å². The lowest BCUT2D eigenvalue weighted by Gasteiger charge is -2.05. The molecule has 0 atom stereocenters. The van der Waals surface area contributed by atoms with Crippen molar-refractivity contribution < 1.29 is 5.11 Å². The molecule has 0 fully saturated rings. The SMILES string of the molecule is Cc1cc(C)n(-c2cc(NN=Cc3cc(Cl)cc(Cl)c3O)ncn2)n1. The number of rotatable bonds is 4. The molecule has 1 aromatic carbocycles. The minimum Gasteiger partial charge on any atom is -0.506 e. The molecule has 0 spiro atoms. The first-order chi connectivity index (χ1) is 11.9. The molecule has 2 heterocycles. The fourth-order valence-corrected chi connectivity index (χ4v) is 2.75. The van der Waals surface area contributed by atoms with Gasteiger partial charge in [0.15, 0.2) is 11.6 Å². The van der Waals surface area contributed by atoms with E-state index in [2.05, 4.69) is 25.6 Å². The number of nitrogens with zero attached hydrogens (tertiary/aromatic N) is 5. The second-order valence-corrected chi connectivity index (χ2v) is 6.14. The van der Waals surface area contributed by atoms with E-state index >= 15 is 0 Å². The van der Waals surface area contributed by atoms with Gasteiger partial charge in [0.2, 0.25) is 0 Å². The molecule has 2 N–H and O–H groups in total. The Morgan fingerprint density at radius 2 is 1.96 bits per heavy atom. The first-order valence-corrected chi connectivity index (χ1v) is 8.02. The Labute approximate surface area is 154 Å². The van der Waals surface area contributed by atoms with E-state index in [1.165, 1.54) is 18.6 Å². The van der Waals surface area contributed by atoms with Crippen LogP contribution in [-0.4, -0.2) is 31.1 Å². The first-order valence-electron chi connectivity index (χ1n) is 7.27. The fraction of sp³-hybridized carbons (Fsp3) is 0.125. The third kappa shape index (κ3) is 3.89. The number of hydrogen-bond donors (Lipinski definition) is 2. The van der Waals surface area contributed by atoms with E-state index in [0.29, 0.717) is 22.2 Å². The number of benzene rings is 1. The largest absolute Gasteiger partial charge is 0.506 e. The minimum absolute atomic E-state index is 0.0948. The molecule has 0 aliphatic rings. The molecule has 3 rings (SSSR count). The molecule has 2 aromatic heterocycles. The number of aromatic hydroxyl groups is 1. The molecular formula is C16H14Cl2N6O. The fourth-order valence-electron chi connectivity index (χ4n) is 2.24. The summed E-state index contributed by atoms with van der Waals surface area (Å²) in [4.78, 5) is 8.31. The maximum Gasteiger partial charge on any atom is 0.159 e. The number of halogens is 2. The quantitative estimate of drug-likeness (QED) is 0.534. The lowest BCUT2D eigenvalue weighted by Crippen LogP contribution is -2.04. The Morgan fingerprint density at radius 1 is 1.16 bits per heavy atom. The molecule has 0 aliphatic carbocycles. The van der Waals surface area contributed by atoms with Crippen molar-refractivity contribution >= 4 is 35.2 Å². The van der Waals surface area contributed by atoms with Crippen LogP contribution < -0.4 is 5.43 Å². The van der Waals surface area contributed by atoms with Crippen molar-refractivity contribution in [3.8, 4) is 11.6 Å². The van der Waals surface area contributed by atoms with E-state index in [1.807, 2.05) is 19.9 Å². The maximum absolute atomic E-state index is 9.90. The Balaban J connectivity index is 1.81. The standard InChI is InChI=1S/C16H14Cl2N6O/c1-9-3-10(2)24(23-9)15-6-14(19-8-20-15)22-21-7-11-4-12(17)5-13(18)16(11)25/h3-8,25H,1-2H3,(H,19,20,22). The van der Waals surface area contributed by atoms with Crippen LogP contribution in [0.25, 0.3) is 5.82 Å². The van der Waals surface area contributed by atoms with Crippen molar-refractivity contribution in [2.75, 3.05) is 5.43 Å². The molecule has 9 heteroatoms. The molecule has 0 unspecified atom stereocenters. The molecule has 0 amide bonds. The van der Waals surface area contributed by atoms with Gasteiger partial charge in [-0.2, -0.15) is 10.2 Å². The van der Waals surface area contributed by atoms with Crippen molar-refractivity contribution in [1.82, 2.24) is 19.7 Å². The number of hydrazone groups is 1. The second-order valence-electron chi connectivity index (χ2n) is 5.30. The Bertz CT molecular complexity index is 954. The summed E-state index contributed by atoms with van der Waals surface area (Å²) in [6.45, 7) is 3.86. The van der Waals surface area contributed by atoms with Gasteiger partial charge in [-0.3, -0.25) is 5.43 Å². The smallest absolute Gasteiger partial charge is 0.159 e. The van der Waals surface area contributed by atoms with E-state index in [-0.39, 0.29) is 10.8 Å². The molecule has 128 valence electrons. The molecule has 0 aliphatic heterocycles. The van der Waals surface area contributed by atoms with E-state index in [4.69, 9.17) is 23.2 Å². The molecule has 0 saturated heterocycles. The second kappa shape index (κ2) is 7.08. The molecule has 3 aromatic rings. The summed E-state index contributed by atoms with van der Waals surface area (Å²) in [6, 6.07) is 6.67. The van der Waals surface area contributed by atoms with Crippen LogP contribution in [0.4, 0.5) is 5.82 Å². The molecular weight excluding hydrogens is 363 g/mol. The molecule has 0 bridgehead atoms. The van der Waals surface area contributed by atoms with Gasteiger partial charge in [-0.15, -0.1) is 0 Å². The Kier molecular flexibility index (Phi) is 4.87. The zero-order chi connectivity index (χ0) is 18.0. The predicted molar refractivity (Wildman–Crippen MR) is 98.0 cm³/mol. The highest BCUT2D eigenvalue weighted by Crippen LogP contribution is 2.30. The van der Waals surface area contributed by atoms with Crippen LogP contribution in [0.15, 0.2) is 35.7 Å². The van der Waals surface area contributed by atoms with Gasteiger partial charge < -0.3 is 5.11 Å². The molecule has 0 radical (unpaired) electrons. The summed E-state index contributed by atoms with van der Waals surface area (Å²) < 4.78 is 1.72. The first kappa shape index (κ1) is 17.2. The highest BCUT2D eigenvalue weighted by atomic mass is 35.5. The lowest BCUT2D eigenvalue weighted by molar-refractivity contribution is 0.475. The Hall–Kier alpha value is -2.64. The predicted octanol–water partition coefficient (Wildman–Crippen LogP) is 3.74. The monoisotopic (exact) mass is 376 g/mol. The number of phenolic OH excluding ortho intramolecular Hbond substituents is 1. The Morgan fingerprint density at radius 3 is 2.68 bits per heavy atom. The van der Waals surface area contributed by atoms with Gasteiger partial charge in [-0.1, -0.05) is 23.2 Å². The van der Waals surface area contributed by atoms with Gasteiger partial charge in [-0.05, 0) is 32.0 Å². The third-order valence-corrected chi connectivity index (χ3v) is 3.83. The minimum atomic E-state index is -0.0948. The average molecular weight is 377 g/mol. The number of anilines is 1. The summed E-state index contributed by atoms with van der Waals surface area (Å²) in [5, 5.41) is 18.9. The highest BCUT2D eigenvalue weighted by molar-refractivity contribution is 6.36. The van der Waals surface area contributed by atoms with E-state index in [0.717, 1.165) is 11.4 Å². The zero-order valence-corrected chi connectivity index (χ0v) is 14.9. The third-order valence-electron chi connectivity index (χ3n) is 3.32. The molecule has 0 saturated carbocycles. The van der Waals surface area contributed by atoms with Gasteiger partial charge >= 0.3 is 0 Å². The van der Waals surface area contributed by atoms with Crippen LogP contribution in [-0.2, 0) is 0 Å². The van der Waals surface area contributed by atoms with Gasteiger partial charge in [-0.25, -0.2) is 14.6 Å². The van der Waals surface area contributed by atoms with E-state index in [9.17, 15) is 5.11 Å². The van der Waals surface area contributed by atoms with Gasteiger partial charge in [0.05, 0.1) is 16.9 Å². The van der Waals surface area contributed by atoms with Crippen LogP contribution in [0.2, 0.25) is 10.0 Å². The van der Waals surface area contributed by atoms with E-state index in [1.54, 1.807) is 16.8 Å². The van der Waals surface area contributed by atoms with Gasteiger partial charge in [0, 0.05) is 22.3 Å². The number of aromatic nitrogens is 4. The topological polar surface area (TPSA) is 88.2 Å². The molecule has 25 heavy (non-hydrogen) atoms. The summed E-state index contributed by atoms with van der Waals surface area (Å²) in [7, 11) is 0. The van der Waals surface area contributed by atoms with Crippen LogP contribution in [0.1, 0.15) is 17.0 Å². The number of nitrogens with one attached hydrogen (secondary N) is 1. The van der Waals surface area contributed by atoms with Crippen molar-refractivity contribution in [2.45, 2.75) is 13.8 Å². The van der Waals surface area contributed by atoms with Crippen LogP contribution in [0, 0.1) is 13.8 Å². The zero-order valence-electron chi connectivity index (χ0n) is 13.4.